The summed E-state index contributed by atoms with van der Waals surface area (Å²) in [4.78, 5) is 0. The molecule has 0 aliphatic heterocycles. The summed E-state index contributed by atoms with van der Waals surface area (Å²) in [6.07, 6.45) is 0.452. The summed E-state index contributed by atoms with van der Waals surface area (Å²) in [6.45, 7) is 33.6. The maximum Gasteiger partial charge on any atom is 0.123 e. The summed E-state index contributed by atoms with van der Waals surface area (Å²) in [5.41, 5.74) is 3.74. The minimum atomic E-state index is -0.556. The van der Waals surface area contributed by atoms with Gasteiger partial charge < -0.3 is 123 Å². The number of ether oxygens (including phenoxy) is 26. The second-order valence-corrected chi connectivity index (χ2v) is 22.7. The Hall–Kier alpha value is -5.44. The zero-order chi connectivity index (χ0) is 74.1. The summed E-state index contributed by atoms with van der Waals surface area (Å²) in [5, 5.41) is 0. The molecule has 0 saturated carbocycles. The highest BCUT2D eigenvalue weighted by molar-refractivity contribution is 5.42. The van der Waals surface area contributed by atoms with Crippen LogP contribution in [-0.4, -0.2) is 276 Å². The second kappa shape index (κ2) is 64.7. The molecule has 2 atom stereocenters. The highest BCUT2D eigenvalue weighted by Gasteiger charge is 2.25. The standard InChI is InChI=1S/C78H126O26/c1-9-65-49-69(95-41-36-89-30-26-85-22-17-79-11-3)57-70(50-65)99-45-40-94-64-77(101-46-35-84-16-8)78(63-93-34-21-83-15-7)102-48-47-100-74-56-68(55-73(59-74)98-44-39-92-33-29-88-25-20-82-14-6)62-104-76-52-66(10-2)51-75(60-76)103-61-67-53-71(96-42-37-90-31-27-86-23-18-80-12-4)58-72(54-67)97-43-38-91-32-28-87-24-19-81-13-5/h49-60,77-78H,9-48,61-64H2,1-8H3. The zero-order valence-electron chi connectivity index (χ0n) is 63.8. The number of hydrogen-bond acceptors (Lipinski definition) is 26. The molecule has 0 spiro atoms. The van der Waals surface area contributed by atoms with E-state index in [-0.39, 0.29) is 59.5 Å². The molecule has 0 fully saturated rings. The van der Waals surface area contributed by atoms with Crippen molar-refractivity contribution in [1.82, 2.24) is 0 Å². The lowest BCUT2D eigenvalue weighted by atomic mass is 10.1. The lowest BCUT2D eigenvalue weighted by Crippen LogP contribution is -2.41. The zero-order valence-corrected chi connectivity index (χ0v) is 63.8. The average molecular weight is 1480 g/mol. The van der Waals surface area contributed by atoms with Crippen molar-refractivity contribution in [1.29, 1.82) is 0 Å². The molecule has 0 saturated heterocycles. The van der Waals surface area contributed by atoms with Crippen molar-refractivity contribution < 1.29 is 123 Å². The summed E-state index contributed by atoms with van der Waals surface area (Å²) in [6, 6.07) is 23.2. The van der Waals surface area contributed by atoms with E-state index in [2.05, 4.69) is 13.8 Å². The predicted molar refractivity (Wildman–Crippen MR) is 393 cm³/mol. The predicted octanol–water partition coefficient (Wildman–Crippen LogP) is 10.1. The molecule has 26 nitrogen and oxygen atoms in total. The van der Waals surface area contributed by atoms with Gasteiger partial charge in [0.05, 0.1) is 185 Å². The van der Waals surface area contributed by atoms with Gasteiger partial charge in [-0.3, -0.25) is 0 Å². The molecule has 0 amide bonds. The molecular formula is C78H126O26. The van der Waals surface area contributed by atoms with E-state index in [4.69, 9.17) is 123 Å². The quantitative estimate of drug-likeness (QED) is 0.0373. The van der Waals surface area contributed by atoms with Crippen molar-refractivity contribution in [2.75, 3.05) is 264 Å². The van der Waals surface area contributed by atoms with Gasteiger partial charge >= 0.3 is 0 Å². The average Bonchev–Trinajstić information content (AvgIpc) is 0.858. The molecule has 104 heavy (non-hydrogen) atoms. The molecule has 0 radical (unpaired) electrons. The van der Waals surface area contributed by atoms with E-state index in [1.54, 1.807) is 0 Å². The van der Waals surface area contributed by atoms with Crippen molar-refractivity contribution in [3.8, 4) is 46.0 Å². The lowest BCUT2D eigenvalue weighted by Gasteiger charge is -2.27. The highest BCUT2D eigenvalue weighted by Crippen LogP contribution is 2.30. The van der Waals surface area contributed by atoms with Crippen LogP contribution >= 0.6 is 0 Å². The minimum Gasteiger partial charge on any atom is -0.491 e. The first-order valence-electron chi connectivity index (χ1n) is 37.4. The third-order valence-electron chi connectivity index (χ3n) is 14.7. The monoisotopic (exact) mass is 1480 g/mol. The van der Waals surface area contributed by atoms with Gasteiger partial charge in [-0.05, 0) is 125 Å². The molecule has 0 aromatic heterocycles. The summed E-state index contributed by atoms with van der Waals surface area (Å²) in [7, 11) is 0. The molecule has 4 aromatic carbocycles. The Morgan fingerprint density at radius 1 is 0.183 bits per heavy atom. The molecule has 0 aliphatic rings. The Morgan fingerprint density at radius 3 is 0.615 bits per heavy atom. The van der Waals surface area contributed by atoms with E-state index in [0.29, 0.717) is 264 Å². The van der Waals surface area contributed by atoms with Gasteiger partial charge in [0.25, 0.3) is 0 Å². The van der Waals surface area contributed by atoms with Crippen LogP contribution in [0.15, 0.2) is 72.8 Å². The maximum atomic E-state index is 6.58. The Kier molecular flexibility index (Phi) is 56.6. The molecular weight excluding hydrogens is 1350 g/mol. The van der Waals surface area contributed by atoms with Crippen molar-refractivity contribution >= 4 is 0 Å². The largest absolute Gasteiger partial charge is 0.491 e. The van der Waals surface area contributed by atoms with Gasteiger partial charge in [-0.25, -0.2) is 0 Å². The second-order valence-electron chi connectivity index (χ2n) is 22.7. The van der Waals surface area contributed by atoms with Crippen LogP contribution < -0.4 is 37.9 Å². The Balaban J connectivity index is 1.44. The van der Waals surface area contributed by atoms with Crippen molar-refractivity contribution in [3.63, 3.8) is 0 Å². The van der Waals surface area contributed by atoms with Gasteiger partial charge in [0.2, 0.25) is 0 Å². The first-order valence-corrected chi connectivity index (χ1v) is 37.4. The number of rotatable bonds is 75. The fraction of sp³-hybridized carbons (Fsp3) is 0.692. The van der Waals surface area contributed by atoms with Crippen LogP contribution in [0.5, 0.6) is 46.0 Å². The molecule has 26 heteroatoms. The molecule has 0 aliphatic carbocycles. The Bertz CT molecular complexity index is 2580. The number of benzene rings is 4. The maximum absolute atomic E-state index is 6.58. The molecule has 4 aromatic rings. The third-order valence-corrected chi connectivity index (χ3v) is 14.7. The fourth-order valence-electron chi connectivity index (χ4n) is 9.47. The summed E-state index contributed by atoms with van der Waals surface area (Å²) < 4.78 is 154. The van der Waals surface area contributed by atoms with Gasteiger partial charge in [-0.15, -0.1) is 0 Å². The smallest absolute Gasteiger partial charge is 0.123 e. The van der Waals surface area contributed by atoms with Crippen molar-refractivity contribution in [2.24, 2.45) is 0 Å². The lowest BCUT2D eigenvalue weighted by molar-refractivity contribution is -0.138. The highest BCUT2D eigenvalue weighted by atomic mass is 16.6. The molecule has 4 rings (SSSR count). The fourth-order valence-corrected chi connectivity index (χ4v) is 9.47. The van der Waals surface area contributed by atoms with Crippen LogP contribution in [0.4, 0.5) is 0 Å². The van der Waals surface area contributed by atoms with Crippen LogP contribution in [0.25, 0.3) is 0 Å². The summed E-state index contributed by atoms with van der Waals surface area (Å²) >= 11 is 0. The van der Waals surface area contributed by atoms with Gasteiger partial charge in [0.1, 0.15) is 111 Å². The molecule has 0 N–H and O–H groups in total. The molecule has 2 unspecified atom stereocenters. The molecule has 594 valence electrons. The van der Waals surface area contributed by atoms with Crippen LogP contribution in [0.2, 0.25) is 0 Å². The van der Waals surface area contributed by atoms with E-state index < -0.39 is 12.2 Å². The van der Waals surface area contributed by atoms with E-state index in [0.717, 1.165) is 35.1 Å². The summed E-state index contributed by atoms with van der Waals surface area (Å²) in [5.74, 6) is 4.96. The van der Waals surface area contributed by atoms with E-state index in [9.17, 15) is 0 Å². The first kappa shape index (κ1) is 90.9. The van der Waals surface area contributed by atoms with Crippen molar-refractivity contribution in [2.45, 2.75) is 93.7 Å². The minimum absolute atomic E-state index is 0.175. The first-order chi connectivity index (χ1) is 51.3. The van der Waals surface area contributed by atoms with Gasteiger partial charge in [0, 0.05) is 63.9 Å². The van der Waals surface area contributed by atoms with Crippen LogP contribution in [0, 0.1) is 0 Å². The van der Waals surface area contributed by atoms with Crippen LogP contribution in [0.3, 0.4) is 0 Å². The normalized spacial score (nSPS) is 12.0. The van der Waals surface area contributed by atoms with Crippen LogP contribution in [0.1, 0.15) is 77.6 Å². The van der Waals surface area contributed by atoms with Gasteiger partial charge in [-0.2, -0.15) is 0 Å². The van der Waals surface area contributed by atoms with E-state index in [1.165, 1.54) is 0 Å². The topological polar surface area (TPSA) is 240 Å². The number of hydrogen-bond donors (Lipinski definition) is 0. The SMILES string of the molecule is CCOCCOCCOCCOc1cc(COc2cc(CC)cc(OCc3cc(OCCOCCOCCOCC)cc(OCCOC(COCCOCC)C(COCCOc4cc(CC)cc(OCCOCCOCCOCC)c4)OCCOCC)c3)c2)cc(OCCOCCOCCOCC)c1. The molecule has 0 heterocycles. The third kappa shape index (κ3) is 47.3. The van der Waals surface area contributed by atoms with Crippen LogP contribution in [-0.2, 0) is 111 Å². The molecule has 0 bridgehead atoms. The van der Waals surface area contributed by atoms with E-state index in [1.807, 2.05) is 114 Å². The van der Waals surface area contributed by atoms with E-state index >= 15 is 0 Å². The van der Waals surface area contributed by atoms with Crippen molar-refractivity contribution in [3.05, 3.63) is 95.1 Å². The Labute approximate surface area is 619 Å². The Morgan fingerprint density at radius 2 is 0.365 bits per heavy atom. The van der Waals surface area contributed by atoms with Gasteiger partial charge in [0.15, 0.2) is 0 Å². The number of aryl methyl sites for hydroxylation is 2. The van der Waals surface area contributed by atoms with Gasteiger partial charge in [-0.1, -0.05) is 13.8 Å².